The number of benzene rings is 1. The molecule has 142 valence electrons. The molecule has 0 aliphatic heterocycles. The van der Waals surface area contributed by atoms with E-state index in [1.807, 2.05) is 19.1 Å². The van der Waals surface area contributed by atoms with Crippen molar-refractivity contribution in [2.75, 3.05) is 0 Å². The molecule has 5 atom stereocenters. The van der Waals surface area contributed by atoms with Gasteiger partial charge in [0.15, 0.2) is 0 Å². The van der Waals surface area contributed by atoms with Crippen molar-refractivity contribution < 1.29 is 14.6 Å². The van der Waals surface area contributed by atoms with Gasteiger partial charge in [0.25, 0.3) is 0 Å². The van der Waals surface area contributed by atoms with Crippen LogP contribution in [0.1, 0.15) is 57.3 Å². The first-order chi connectivity index (χ1) is 12.2. The second-order valence-corrected chi connectivity index (χ2v) is 9.49. The summed E-state index contributed by atoms with van der Waals surface area (Å²) in [5.74, 6) is 0.966. The van der Waals surface area contributed by atoms with E-state index in [2.05, 4.69) is 42.8 Å². The fourth-order valence-corrected chi connectivity index (χ4v) is 5.16. The van der Waals surface area contributed by atoms with Crippen LogP contribution < -0.4 is 0 Å². The van der Waals surface area contributed by atoms with Gasteiger partial charge in [0, 0.05) is 16.8 Å². The number of aliphatic hydroxyl groups is 1. The molecular formula is C22H29BrO3. The molecule has 1 aromatic rings. The largest absolute Gasteiger partial charge is 0.458 e. The fourth-order valence-electron chi connectivity index (χ4n) is 4.90. The Morgan fingerprint density at radius 1 is 1.31 bits per heavy atom. The first-order valence-corrected chi connectivity index (χ1v) is 10.3. The third-order valence-electron chi connectivity index (χ3n) is 6.21. The lowest BCUT2D eigenvalue weighted by Gasteiger charge is -2.52. The predicted molar refractivity (Wildman–Crippen MR) is 107 cm³/mol. The fraction of sp³-hybridized carbons (Fsp3) is 0.591. The third-order valence-corrected chi connectivity index (χ3v) is 6.73. The predicted octanol–water partition coefficient (Wildman–Crippen LogP) is 5.37. The van der Waals surface area contributed by atoms with E-state index in [0.717, 1.165) is 17.3 Å². The van der Waals surface area contributed by atoms with E-state index in [1.54, 1.807) is 12.1 Å². The zero-order valence-corrected chi connectivity index (χ0v) is 17.6. The number of fused-ring (bicyclic) bond motifs is 1. The highest BCUT2D eigenvalue weighted by molar-refractivity contribution is 9.10. The zero-order chi connectivity index (χ0) is 19.1. The third kappa shape index (κ3) is 3.91. The quantitative estimate of drug-likeness (QED) is 0.527. The number of halogens is 1. The van der Waals surface area contributed by atoms with E-state index < -0.39 is 5.60 Å². The van der Waals surface area contributed by atoms with Crippen LogP contribution in [0.25, 0.3) is 0 Å². The molecule has 0 saturated heterocycles. The van der Waals surface area contributed by atoms with Gasteiger partial charge < -0.3 is 9.84 Å². The maximum absolute atomic E-state index is 12.7. The summed E-state index contributed by atoms with van der Waals surface area (Å²) in [6, 6.07) is 7.23. The molecule has 1 aromatic carbocycles. The van der Waals surface area contributed by atoms with Crippen LogP contribution in [-0.2, 0) is 4.74 Å². The van der Waals surface area contributed by atoms with E-state index in [4.69, 9.17) is 4.74 Å². The van der Waals surface area contributed by atoms with Gasteiger partial charge in [-0.25, -0.2) is 4.79 Å². The van der Waals surface area contributed by atoms with Crippen molar-refractivity contribution in [1.29, 1.82) is 0 Å². The number of hydrogen-bond acceptors (Lipinski definition) is 3. The topological polar surface area (TPSA) is 46.5 Å². The van der Waals surface area contributed by atoms with Gasteiger partial charge in [-0.3, -0.25) is 0 Å². The Morgan fingerprint density at radius 2 is 1.96 bits per heavy atom. The van der Waals surface area contributed by atoms with Gasteiger partial charge in [0.05, 0.1) is 11.2 Å². The number of allylic oxidation sites excluding steroid dienone is 1. The average molecular weight is 421 g/mol. The van der Waals surface area contributed by atoms with E-state index in [1.165, 1.54) is 5.57 Å². The SMILES string of the molecule is CC1=C[C@@H]2[C@H]([C@H](OC(=O)c3ccc(Br)cc3)C1)[C@](C)(O)CC[C@H]2C(C)C. The smallest absolute Gasteiger partial charge is 0.338 e. The molecule has 0 unspecified atom stereocenters. The monoisotopic (exact) mass is 420 g/mol. The Kier molecular flexibility index (Phi) is 5.64. The lowest BCUT2D eigenvalue weighted by molar-refractivity contribution is -0.128. The Hall–Kier alpha value is -1.13. The first-order valence-electron chi connectivity index (χ1n) is 9.55. The molecule has 2 aliphatic rings. The van der Waals surface area contributed by atoms with Crippen molar-refractivity contribution >= 4 is 21.9 Å². The lowest BCUT2D eigenvalue weighted by atomic mass is 9.57. The molecule has 3 nitrogen and oxygen atoms in total. The maximum Gasteiger partial charge on any atom is 0.338 e. The van der Waals surface area contributed by atoms with Gasteiger partial charge in [-0.1, -0.05) is 41.4 Å². The van der Waals surface area contributed by atoms with Crippen LogP contribution in [0.3, 0.4) is 0 Å². The molecule has 0 aromatic heterocycles. The number of esters is 1. The highest BCUT2D eigenvalue weighted by Crippen LogP contribution is 2.50. The molecular weight excluding hydrogens is 392 g/mol. The van der Waals surface area contributed by atoms with Gasteiger partial charge in [0.1, 0.15) is 6.10 Å². The summed E-state index contributed by atoms with van der Waals surface area (Å²) in [5.41, 5.74) is 0.994. The molecule has 1 N–H and O–H groups in total. The van der Waals surface area contributed by atoms with Gasteiger partial charge in [-0.2, -0.15) is 0 Å². The van der Waals surface area contributed by atoms with Gasteiger partial charge in [-0.15, -0.1) is 0 Å². The molecule has 26 heavy (non-hydrogen) atoms. The summed E-state index contributed by atoms with van der Waals surface area (Å²) in [5, 5.41) is 11.1. The van der Waals surface area contributed by atoms with Crippen molar-refractivity contribution in [2.45, 2.75) is 58.7 Å². The summed E-state index contributed by atoms with van der Waals surface area (Å²) in [6.45, 7) is 8.53. The zero-order valence-electron chi connectivity index (χ0n) is 16.0. The normalized spacial score (nSPS) is 34.2. The highest BCUT2D eigenvalue weighted by Gasteiger charge is 2.51. The van der Waals surface area contributed by atoms with E-state index >= 15 is 0 Å². The van der Waals surface area contributed by atoms with Crippen molar-refractivity contribution in [3.8, 4) is 0 Å². The summed E-state index contributed by atoms with van der Waals surface area (Å²) < 4.78 is 6.90. The van der Waals surface area contributed by atoms with Crippen LogP contribution in [0.15, 0.2) is 40.4 Å². The van der Waals surface area contributed by atoms with Crippen LogP contribution in [0.2, 0.25) is 0 Å². The maximum atomic E-state index is 12.7. The molecule has 1 fully saturated rings. The van der Waals surface area contributed by atoms with Gasteiger partial charge in [0.2, 0.25) is 0 Å². The Balaban J connectivity index is 1.87. The minimum Gasteiger partial charge on any atom is -0.458 e. The standard InChI is InChI=1S/C22H29BrO3/c1-13(2)17-9-10-22(4,25)20-18(17)11-14(3)12-19(20)26-21(24)15-5-7-16(23)8-6-15/h5-8,11,13,17-20,25H,9-10,12H2,1-4H3/t17-,18-,19+,20+,22+/m0/s1. The van der Waals surface area contributed by atoms with Gasteiger partial charge >= 0.3 is 5.97 Å². The minimum atomic E-state index is -0.808. The summed E-state index contributed by atoms with van der Waals surface area (Å²) in [4.78, 5) is 12.7. The lowest BCUT2D eigenvalue weighted by Crippen LogP contribution is -2.54. The number of carbonyl (C=O) groups excluding carboxylic acids is 1. The molecule has 0 spiro atoms. The van der Waals surface area contributed by atoms with E-state index in [9.17, 15) is 9.90 Å². The minimum absolute atomic E-state index is 0.0493. The summed E-state index contributed by atoms with van der Waals surface area (Å²) in [6.07, 6.45) is 4.52. The molecule has 0 bridgehead atoms. The Bertz CT molecular complexity index is 690. The molecule has 0 heterocycles. The second kappa shape index (κ2) is 7.47. The van der Waals surface area contributed by atoms with Crippen LogP contribution in [0, 0.1) is 23.7 Å². The second-order valence-electron chi connectivity index (χ2n) is 8.57. The first kappa shape index (κ1) is 19.6. The number of ether oxygens (including phenoxy) is 1. The molecule has 0 radical (unpaired) electrons. The number of hydrogen-bond donors (Lipinski definition) is 1. The Labute approximate surface area is 165 Å². The molecule has 0 amide bonds. The van der Waals surface area contributed by atoms with Crippen LogP contribution in [0.4, 0.5) is 0 Å². The van der Waals surface area contributed by atoms with Crippen LogP contribution in [0.5, 0.6) is 0 Å². The molecule has 2 aliphatic carbocycles. The van der Waals surface area contributed by atoms with Crippen LogP contribution in [-0.4, -0.2) is 22.8 Å². The van der Waals surface area contributed by atoms with E-state index in [-0.39, 0.29) is 23.9 Å². The van der Waals surface area contributed by atoms with Crippen molar-refractivity contribution in [1.82, 2.24) is 0 Å². The molecule has 4 heteroatoms. The molecule has 3 rings (SSSR count). The summed E-state index contributed by atoms with van der Waals surface area (Å²) >= 11 is 3.39. The summed E-state index contributed by atoms with van der Waals surface area (Å²) in [7, 11) is 0. The number of rotatable bonds is 3. The Morgan fingerprint density at radius 3 is 2.58 bits per heavy atom. The van der Waals surface area contributed by atoms with Crippen molar-refractivity contribution in [3.05, 3.63) is 46.0 Å². The number of carbonyl (C=O) groups is 1. The van der Waals surface area contributed by atoms with E-state index in [0.29, 0.717) is 23.8 Å². The van der Waals surface area contributed by atoms with Crippen LogP contribution >= 0.6 is 15.9 Å². The highest BCUT2D eigenvalue weighted by atomic mass is 79.9. The van der Waals surface area contributed by atoms with Crippen molar-refractivity contribution in [3.63, 3.8) is 0 Å². The average Bonchev–Trinajstić information content (AvgIpc) is 2.54. The van der Waals surface area contributed by atoms with Crippen molar-refractivity contribution in [2.24, 2.45) is 23.7 Å². The van der Waals surface area contributed by atoms with Gasteiger partial charge in [-0.05, 0) is 68.7 Å². The molecule has 1 saturated carbocycles.